The van der Waals surface area contributed by atoms with Crippen LogP contribution in [0.4, 0.5) is 0 Å². The monoisotopic (exact) mass is 210 g/mol. The van der Waals surface area contributed by atoms with E-state index >= 15 is 0 Å². The van der Waals surface area contributed by atoms with Crippen molar-refractivity contribution in [2.45, 2.75) is 45.1 Å². The van der Waals surface area contributed by atoms with E-state index in [-0.39, 0.29) is 12.0 Å². The van der Waals surface area contributed by atoms with E-state index in [4.69, 9.17) is 5.73 Å². The molecule has 3 unspecified atom stereocenters. The first-order valence-electron chi connectivity index (χ1n) is 6.23. The van der Waals surface area contributed by atoms with Crippen molar-refractivity contribution in [3.05, 3.63) is 0 Å². The largest absolute Gasteiger partial charge is 0.342 e. The molecule has 2 rings (SSSR count). The molecule has 2 fully saturated rings. The molecule has 0 aromatic rings. The molecular weight excluding hydrogens is 188 g/mol. The summed E-state index contributed by atoms with van der Waals surface area (Å²) in [6.45, 7) is 4.14. The Morgan fingerprint density at radius 1 is 1.27 bits per heavy atom. The molecule has 1 aliphatic carbocycles. The van der Waals surface area contributed by atoms with Crippen LogP contribution < -0.4 is 5.73 Å². The number of likely N-dealkylation sites (tertiary alicyclic amines) is 1. The van der Waals surface area contributed by atoms with Crippen LogP contribution in [0.2, 0.25) is 0 Å². The molecule has 1 heterocycles. The minimum Gasteiger partial charge on any atom is -0.342 e. The molecule has 0 bridgehead atoms. The minimum atomic E-state index is 0.104. The Hall–Kier alpha value is -0.570. The number of carbonyl (C=O) groups excluding carboxylic acids is 1. The molecule has 1 amide bonds. The van der Waals surface area contributed by atoms with Crippen LogP contribution >= 0.6 is 0 Å². The number of amides is 1. The van der Waals surface area contributed by atoms with E-state index in [1.165, 1.54) is 19.3 Å². The van der Waals surface area contributed by atoms with Gasteiger partial charge >= 0.3 is 0 Å². The fourth-order valence-electron chi connectivity index (χ4n) is 2.86. The Labute approximate surface area is 92.0 Å². The van der Waals surface area contributed by atoms with Gasteiger partial charge in [-0.15, -0.1) is 0 Å². The molecule has 1 saturated heterocycles. The quantitative estimate of drug-likeness (QED) is 0.710. The molecule has 2 N–H and O–H groups in total. The lowest BCUT2D eigenvalue weighted by molar-refractivity contribution is -0.136. The maximum Gasteiger partial charge on any atom is 0.227 e. The second-order valence-electron chi connectivity index (χ2n) is 5.22. The standard InChI is InChI=1S/C12H22N2O/c1-9-4-5-11(13)10(8-9)12(15)14-6-2-3-7-14/h9-11H,2-8,13H2,1H3. The molecule has 3 nitrogen and oxygen atoms in total. The SMILES string of the molecule is CC1CCC(N)C(C(=O)N2CCCC2)C1. The molecule has 3 heteroatoms. The maximum absolute atomic E-state index is 12.2. The number of rotatable bonds is 1. The predicted octanol–water partition coefficient (Wildman–Crippen LogP) is 1.37. The van der Waals surface area contributed by atoms with Crippen molar-refractivity contribution in [3.63, 3.8) is 0 Å². The molecule has 2 aliphatic rings. The highest BCUT2D eigenvalue weighted by molar-refractivity contribution is 5.80. The van der Waals surface area contributed by atoms with Crippen molar-refractivity contribution in [1.29, 1.82) is 0 Å². The third kappa shape index (κ3) is 2.33. The number of hydrogen-bond acceptors (Lipinski definition) is 2. The Morgan fingerprint density at radius 3 is 2.60 bits per heavy atom. The third-order valence-electron chi connectivity index (χ3n) is 3.90. The van der Waals surface area contributed by atoms with E-state index in [1.54, 1.807) is 0 Å². The molecule has 0 radical (unpaired) electrons. The number of hydrogen-bond donors (Lipinski definition) is 1. The van der Waals surface area contributed by atoms with Crippen molar-refractivity contribution in [3.8, 4) is 0 Å². The predicted molar refractivity (Wildman–Crippen MR) is 60.3 cm³/mol. The van der Waals surface area contributed by atoms with Crippen LogP contribution in [0.1, 0.15) is 39.0 Å². The molecule has 0 spiro atoms. The highest BCUT2D eigenvalue weighted by Crippen LogP contribution is 2.30. The van der Waals surface area contributed by atoms with Gasteiger partial charge in [-0.3, -0.25) is 4.79 Å². The van der Waals surface area contributed by atoms with Crippen LogP contribution in [0, 0.1) is 11.8 Å². The number of carbonyl (C=O) groups is 1. The van der Waals surface area contributed by atoms with Gasteiger partial charge in [0, 0.05) is 19.1 Å². The van der Waals surface area contributed by atoms with E-state index < -0.39 is 0 Å². The molecule has 0 aromatic carbocycles. The summed E-state index contributed by atoms with van der Waals surface area (Å²) in [5.41, 5.74) is 6.06. The smallest absolute Gasteiger partial charge is 0.227 e. The summed E-state index contributed by atoms with van der Waals surface area (Å²) in [6.07, 6.45) is 5.54. The summed E-state index contributed by atoms with van der Waals surface area (Å²) < 4.78 is 0. The number of nitrogens with two attached hydrogens (primary N) is 1. The van der Waals surface area contributed by atoms with Crippen molar-refractivity contribution in [1.82, 2.24) is 4.90 Å². The third-order valence-corrected chi connectivity index (χ3v) is 3.90. The van der Waals surface area contributed by atoms with E-state index in [0.29, 0.717) is 11.8 Å². The normalized spacial score (nSPS) is 36.9. The van der Waals surface area contributed by atoms with Gasteiger partial charge in [-0.25, -0.2) is 0 Å². The summed E-state index contributed by atoms with van der Waals surface area (Å²) in [5.74, 6) is 1.10. The van der Waals surface area contributed by atoms with Crippen LogP contribution in [0.25, 0.3) is 0 Å². The van der Waals surface area contributed by atoms with Gasteiger partial charge in [0.05, 0.1) is 5.92 Å². The molecule has 15 heavy (non-hydrogen) atoms. The average Bonchev–Trinajstić information content (AvgIpc) is 2.74. The van der Waals surface area contributed by atoms with Crippen LogP contribution in [0.3, 0.4) is 0 Å². The summed E-state index contributed by atoms with van der Waals surface area (Å²) >= 11 is 0. The summed E-state index contributed by atoms with van der Waals surface area (Å²) in [6, 6.07) is 0.106. The molecule has 1 aliphatic heterocycles. The minimum absolute atomic E-state index is 0.104. The van der Waals surface area contributed by atoms with Crippen molar-refractivity contribution < 1.29 is 4.79 Å². The highest BCUT2D eigenvalue weighted by atomic mass is 16.2. The van der Waals surface area contributed by atoms with Crippen molar-refractivity contribution in [2.24, 2.45) is 17.6 Å². The number of nitrogens with zero attached hydrogens (tertiary/aromatic N) is 1. The van der Waals surface area contributed by atoms with Gasteiger partial charge in [0.15, 0.2) is 0 Å². The highest BCUT2D eigenvalue weighted by Gasteiger charge is 2.34. The van der Waals surface area contributed by atoms with E-state index in [2.05, 4.69) is 6.92 Å². The van der Waals surface area contributed by atoms with Gasteiger partial charge in [0.25, 0.3) is 0 Å². The average molecular weight is 210 g/mol. The van der Waals surface area contributed by atoms with Gasteiger partial charge in [-0.2, -0.15) is 0 Å². The van der Waals surface area contributed by atoms with Gasteiger partial charge in [0.2, 0.25) is 5.91 Å². The van der Waals surface area contributed by atoms with E-state index in [0.717, 1.165) is 25.9 Å². The second kappa shape index (κ2) is 4.52. The zero-order valence-electron chi connectivity index (χ0n) is 9.61. The Morgan fingerprint density at radius 2 is 1.93 bits per heavy atom. The summed E-state index contributed by atoms with van der Waals surface area (Å²) in [4.78, 5) is 14.2. The molecule has 0 aromatic heterocycles. The Balaban J connectivity index is 1.97. The van der Waals surface area contributed by atoms with Crippen LogP contribution in [-0.2, 0) is 4.79 Å². The zero-order valence-corrected chi connectivity index (χ0v) is 9.61. The molecule has 1 saturated carbocycles. The topological polar surface area (TPSA) is 46.3 Å². The summed E-state index contributed by atoms with van der Waals surface area (Å²) in [5, 5.41) is 0. The molecule has 3 atom stereocenters. The second-order valence-corrected chi connectivity index (χ2v) is 5.22. The maximum atomic E-state index is 12.2. The first-order chi connectivity index (χ1) is 7.18. The van der Waals surface area contributed by atoms with Gasteiger partial charge in [0.1, 0.15) is 0 Å². The fourth-order valence-corrected chi connectivity index (χ4v) is 2.86. The first-order valence-corrected chi connectivity index (χ1v) is 6.23. The van der Waals surface area contributed by atoms with Crippen molar-refractivity contribution >= 4 is 5.91 Å². The molecule has 86 valence electrons. The Bertz CT molecular complexity index is 236. The van der Waals surface area contributed by atoms with Crippen molar-refractivity contribution in [2.75, 3.05) is 13.1 Å². The van der Waals surface area contributed by atoms with Crippen LogP contribution in [0.15, 0.2) is 0 Å². The van der Waals surface area contributed by atoms with Crippen LogP contribution in [0.5, 0.6) is 0 Å². The lowest BCUT2D eigenvalue weighted by Gasteiger charge is -2.34. The zero-order chi connectivity index (χ0) is 10.8. The molecular formula is C12H22N2O. The van der Waals surface area contributed by atoms with Gasteiger partial charge in [-0.1, -0.05) is 6.92 Å². The van der Waals surface area contributed by atoms with Crippen LogP contribution in [-0.4, -0.2) is 29.9 Å². The lowest BCUT2D eigenvalue weighted by Crippen LogP contribution is -2.46. The lowest BCUT2D eigenvalue weighted by atomic mass is 9.78. The van der Waals surface area contributed by atoms with E-state index in [9.17, 15) is 4.79 Å². The fraction of sp³-hybridized carbons (Fsp3) is 0.917. The summed E-state index contributed by atoms with van der Waals surface area (Å²) in [7, 11) is 0. The Kier molecular flexibility index (Phi) is 3.29. The first kappa shape index (κ1) is 10.9. The van der Waals surface area contributed by atoms with Gasteiger partial charge < -0.3 is 10.6 Å². The van der Waals surface area contributed by atoms with E-state index in [1.807, 2.05) is 4.90 Å². The van der Waals surface area contributed by atoms with Gasteiger partial charge in [-0.05, 0) is 38.0 Å².